The fourth-order valence-corrected chi connectivity index (χ4v) is 3.89. The molecule has 1 aliphatic rings. The van der Waals surface area contributed by atoms with Crippen LogP contribution in [0.15, 0.2) is 34.8 Å². The fourth-order valence-electron chi connectivity index (χ4n) is 3.16. The number of nitrogens with one attached hydrogen (secondary N) is 2. The summed E-state index contributed by atoms with van der Waals surface area (Å²) in [6.45, 7) is 3.22. The molecule has 11 heteroatoms. The van der Waals surface area contributed by atoms with E-state index in [0.29, 0.717) is 10.7 Å². The quantitative estimate of drug-likeness (QED) is 0.522. The first-order valence-electron chi connectivity index (χ1n) is 9.85. The number of esters is 1. The summed E-state index contributed by atoms with van der Waals surface area (Å²) in [5.74, 6) is -3.03. The summed E-state index contributed by atoms with van der Waals surface area (Å²) in [6, 6.07) is 7.86. The highest BCUT2D eigenvalue weighted by molar-refractivity contribution is 9.10. The van der Waals surface area contributed by atoms with Crippen molar-refractivity contribution in [3.63, 3.8) is 0 Å². The average molecular weight is 557 g/mol. The number of amides is 3. The van der Waals surface area contributed by atoms with E-state index in [-0.39, 0.29) is 23.6 Å². The topological polar surface area (TPSA) is 105 Å². The van der Waals surface area contributed by atoms with Gasteiger partial charge in [0.1, 0.15) is 0 Å². The van der Waals surface area contributed by atoms with E-state index in [4.69, 9.17) is 27.9 Å². The maximum Gasteiger partial charge on any atom is 0.311 e. The smallest absolute Gasteiger partial charge is 0.311 e. The molecule has 0 radical (unpaired) electrons. The maximum absolute atomic E-state index is 12.4. The Morgan fingerprint density at radius 1 is 1.12 bits per heavy atom. The van der Waals surface area contributed by atoms with E-state index in [9.17, 15) is 19.2 Å². The van der Waals surface area contributed by atoms with Crippen molar-refractivity contribution < 1.29 is 23.9 Å². The van der Waals surface area contributed by atoms with Gasteiger partial charge in [0, 0.05) is 22.1 Å². The summed E-state index contributed by atoms with van der Waals surface area (Å²) in [5.41, 5.74) is 5.14. The minimum atomic E-state index is -0.809. The highest BCUT2D eigenvalue weighted by Gasteiger charge is 2.36. The Balaban J connectivity index is 1.51. The van der Waals surface area contributed by atoms with Crippen LogP contribution in [0.2, 0.25) is 10.0 Å². The molecule has 1 fully saturated rings. The molecule has 8 nitrogen and oxygen atoms in total. The van der Waals surface area contributed by atoms with Gasteiger partial charge in [0.2, 0.25) is 5.91 Å². The minimum absolute atomic E-state index is 0.0721. The largest absolute Gasteiger partial charge is 0.455 e. The number of benzene rings is 2. The molecule has 1 atom stereocenters. The molecule has 2 N–H and O–H groups in total. The van der Waals surface area contributed by atoms with Gasteiger partial charge in [-0.15, -0.1) is 0 Å². The van der Waals surface area contributed by atoms with Gasteiger partial charge in [0.05, 0.1) is 22.5 Å². The van der Waals surface area contributed by atoms with Crippen molar-refractivity contribution in [1.82, 2.24) is 10.4 Å². The van der Waals surface area contributed by atoms with Gasteiger partial charge < -0.3 is 10.1 Å². The van der Waals surface area contributed by atoms with Crippen LogP contribution >= 0.6 is 39.1 Å². The van der Waals surface area contributed by atoms with Crippen molar-refractivity contribution in [2.75, 3.05) is 18.5 Å². The summed E-state index contributed by atoms with van der Waals surface area (Å²) < 4.78 is 6.01. The van der Waals surface area contributed by atoms with Gasteiger partial charge >= 0.3 is 5.97 Å². The standard InChI is InChI=1S/C22H20BrCl2N3O5/c1-11-12(2)18(6-4-15(11)23)26-19(29)10-33-22(32)14-8-20(30)28(9-14)27-21(31)13-3-5-16(24)17(25)7-13/h3-7,14H,8-10H2,1-2H3,(H,26,29)(H,27,31)/t14-/m0/s1. The van der Waals surface area contributed by atoms with E-state index < -0.39 is 36.2 Å². The van der Waals surface area contributed by atoms with E-state index in [2.05, 4.69) is 26.7 Å². The van der Waals surface area contributed by atoms with Crippen LogP contribution in [0.3, 0.4) is 0 Å². The van der Waals surface area contributed by atoms with Crippen molar-refractivity contribution in [1.29, 1.82) is 0 Å². The summed E-state index contributed by atoms with van der Waals surface area (Å²) >= 11 is 15.2. The Labute approximate surface area is 208 Å². The molecule has 0 spiro atoms. The molecule has 3 amide bonds. The molecule has 0 unspecified atom stereocenters. The Morgan fingerprint density at radius 3 is 2.55 bits per heavy atom. The van der Waals surface area contributed by atoms with E-state index >= 15 is 0 Å². The second kappa shape index (κ2) is 10.5. The second-order valence-corrected chi connectivity index (χ2v) is 9.14. The van der Waals surface area contributed by atoms with E-state index in [1.165, 1.54) is 18.2 Å². The highest BCUT2D eigenvalue weighted by atomic mass is 79.9. The van der Waals surface area contributed by atoms with E-state index in [1.807, 2.05) is 19.9 Å². The molecule has 33 heavy (non-hydrogen) atoms. The van der Waals surface area contributed by atoms with Crippen LogP contribution in [0, 0.1) is 19.8 Å². The third kappa shape index (κ3) is 6.04. The monoisotopic (exact) mass is 555 g/mol. The summed E-state index contributed by atoms with van der Waals surface area (Å²) in [6.07, 6.45) is -0.146. The lowest BCUT2D eigenvalue weighted by atomic mass is 10.1. The zero-order chi connectivity index (χ0) is 24.3. The third-order valence-corrected chi connectivity index (χ3v) is 6.82. The SMILES string of the molecule is Cc1c(Br)ccc(NC(=O)COC(=O)[C@H]2CC(=O)N(NC(=O)c3ccc(Cl)c(Cl)c3)C2)c1C. The predicted octanol–water partition coefficient (Wildman–Crippen LogP) is 4.05. The first-order chi connectivity index (χ1) is 15.6. The second-order valence-electron chi connectivity index (χ2n) is 7.48. The molecular formula is C22H20BrCl2N3O5. The number of carbonyl (C=O) groups excluding carboxylic acids is 4. The Kier molecular flexibility index (Phi) is 7.99. The zero-order valence-corrected chi connectivity index (χ0v) is 20.8. The van der Waals surface area contributed by atoms with Gasteiger partial charge in [-0.25, -0.2) is 0 Å². The van der Waals surface area contributed by atoms with Crippen LogP contribution in [0.25, 0.3) is 0 Å². The molecule has 2 aromatic rings. The number of rotatable bonds is 6. The number of hydrogen-bond donors (Lipinski definition) is 2. The fraction of sp³-hybridized carbons (Fsp3) is 0.273. The molecule has 1 aliphatic heterocycles. The molecule has 0 aliphatic carbocycles. The average Bonchev–Trinajstić information content (AvgIpc) is 3.14. The number of hydrogen-bond acceptors (Lipinski definition) is 5. The number of ether oxygens (including phenoxy) is 1. The summed E-state index contributed by atoms with van der Waals surface area (Å²) in [7, 11) is 0. The van der Waals surface area contributed by atoms with Gasteiger partial charge in [-0.3, -0.25) is 29.6 Å². The molecular weight excluding hydrogens is 537 g/mol. The number of anilines is 1. The van der Waals surface area contributed by atoms with Crippen molar-refractivity contribution in [3.8, 4) is 0 Å². The normalized spacial score (nSPS) is 15.4. The Morgan fingerprint density at radius 2 is 1.85 bits per heavy atom. The molecule has 0 bridgehead atoms. The Hall–Kier alpha value is -2.62. The maximum atomic E-state index is 12.4. The van der Waals surface area contributed by atoms with Crippen LogP contribution in [-0.2, 0) is 19.1 Å². The van der Waals surface area contributed by atoms with E-state index in [1.54, 1.807) is 6.07 Å². The minimum Gasteiger partial charge on any atom is -0.455 e. The first-order valence-corrected chi connectivity index (χ1v) is 11.4. The lowest BCUT2D eigenvalue weighted by Crippen LogP contribution is -2.43. The number of carbonyl (C=O) groups is 4. The third-order valence-electron chi connectivity index (χ3n) is 5.22. The van der Waals surface area contributed by atoms with Crippen molar-refractivity contribution in [3.05, 3.63) is 61.5 Å². The number of nitrogens with zero attached hydrogens (tertiary/aromatic N) is 1. The Bertz CT molecular complexity index is 1140. The summed E-state index contributed by atoms with van der Waals surface area (Å²) in [5, 5.41) is 4.24. The van der Waals surface area contributed by atoms with Crippen LogP contribution in [0.4, 0.5) is 5.69 Å². The molecule has 0 aromatic heterocycles. The van der Waals surface area contributed by atoms with Crippen molar-refractivity contribution in [2.24, 2.45) is 5.92 Å². The highest BCUT2D eigenvalue weighted by Crippen LogP contribution is 2.26. The van der Waals surface area contributed by atoms with E-state index in [0.717, 1.165) is 20.6 Å². The van der Waals surface area contributed by atoms with Crippen LogP contribution in [0.1, 0.15) is 27.9 Å². The van der Waals surface area contributed by atoms with Gasteiger partial charge in [0.15, 0.2) is 6.61 Å². The molecule has 1 heterocycles. The number of hydrazine groups is 1. The van der Waals surface area contributed by atoms with Gasteiger partial charge in [-0.1, -0.05) is 39.1 Å². The number of halogens is 3. The van der Waals surface area contributed by atoms with Crippen LogP contribution in [0.5, 0.6) is 0 Å². The first kappa shape index (κ1) is 25.0. The van der Waals surface area contributed by atoms with Crippen LogP contribution < -0.4 is 10.7 Å². The van der Waals surface area contributed by atoms with Crippen molar-refractivity contribution >= 4 is 68.5 Å². The molecule has 3 rings (SSSR count). The van der Waals surface area contributed by atoms with Gasteiger partial charge in [-0.05, 0) is 55.3 Å². The predicted molar refractivity (Wildman–Crippen MR) is 127 cm³/mol. The van der Waals surface area contributed by atoms with Gasteiger partial charge in [0.25, 0.3) is 11.8 Å². The molecule has 2 aromatic carbocycles. The van der Waals surface area contributed by atoms with Crippen LogP contribution in [-0.4, -0.2) is 41.9 Å². The van der Waals surface area contributed by atoms with Crippen molar-refractivity contribution in [2.45, 2.75) is 20.3 Å². The lowest BCUT2D eigenvalue weighted by molar-refractivity contribution is -0.151. The summed E-state index contributed by atoms with van der Waals surface area (Å²) in [4.78, 5) is 49.2. The zero-order valence-electron chi connectivity index (χ0n) is 17.7. The molecule has 1 saturated heterocycles. The lowest BCUT2D eigenvalue weighted by Gasteiger charge is -2.17. The van der Waals surface area contributed by atoms with Gasteiger partial charge in [-0.2, -0.15) is 0 Å². The molecule has 0 saturated carbocycles. The molecule has 174 valence electrons.